The van der Waals surface area contributed by atoms with E-state index in [0.717, 1.165) is 26.1 Å². The predicted octanol–water partition coefficient (Wildman–Crippen LogP) is 1.68. The Morgan fingerprint density at radius 3 is 2.08 bits per heavy atom. The lowest BCUT2D eigenvalue weighted by Crippen LogP contribution is -2.60. The number of hydrogen-bond acceptors (Lipinski definition) is 2. The van der Waals surface area contributed by atoms with Gasteiger partial charge in [-0.05, 0) is 37.5 Å². The third-order valence-electron chi connectivity index (χ3n) is 4.04. The minimum Gasteiger partial charge on any atom is -0.381 e. The first-order valence-corrected chi connectivity index (χ1v) is 5.03. The molecule has 0 spiro atoms. The molecule has 70 valence electrons. The Bertz CT molecular complexity index is 169. The topological polar surface area (TPSA) is 35.2 Å². The van der Waals surface area contributed by atoms with E-state index in [9.17, 15) is 0 Å². The summed E-state index contributed by atoms with van der Waals surface area (Å²) < 4.78 is 5.37. The van der Waals surface area contributed by atoms with E-state index < -0.39 is 0 Å². The average molecular weight is 169 g/mol. The van der Waals surface area contributed by atoms with Crippen LogP contribution >= 0.6 is 0 Å². The van der Waals surface area contributed by atoms with Gasteiger partial charge in [0, 0.05) is 18.8 Å². The van der Waals surface area contributed by atoms with Gasteiger partial charge in [0.2, 0.25) is 0 Å². The highest BCUT2D eigenvalue weighted by Gasteiger charge is 2.49. The van der Waals surface area contributed by atoms with Gasteiger partial charge < -0.3 is 10.5 Å². The first kappa shape index (κ1) is 8.52. The maximum absolute atomic E-state index is 6.36. The molecule has 2 nitrogen and oxygen atoms in total. The normalized spacial score (nSPS) is 32.5. The van der Waals surface area contributed by atoms with Crippen molar-refractivity contribution in [2.24, 2.45) is 11.1 Å². The molecule has 2 aliphatic rings. The summed E-state index contributed by atoms with van der Waals surface area (Å²) in [5.41, 5.74) is 6.87. The van der Waals surface area contributed by atoms with E-state index in [-0.39, 0.29) is 5.54 Å². The van der Waals surface area contributed by atoms with E-state index in [4.69, 9.17) is 10.5 Å². The zero-order valence-electron chi connectivity index (χ0n) is 7.94. The lowest BCUT2D eigenvalue weighted by Gasteiger charge is -2.54. The molecule has 2 N–H and O–H groups in total. The molecule has 1 aliphatic heterocycles. The van der Waals surface area contributed by atoms with Gasteiger partial charge in [0.25, 0.3) is 0 Å². The second kappa shape index (κ2) is 2.71. The molecule has 2 rings (SSSR count). The highest BCUT2D eigenvalue weighted by Crippen LogP contribution is 2.49. The molecule has 0 unspecified atom stereocenters. The van der Waals surface area contributed by atoms with Crippen LogP contribution in [0.2, 0.25) is 0 Å². The highest BCUT2D eigenvalue weighted by atomic mass is 16.5. The summed E-state index contributed by atoms with van der Waals surface area (Å²) in [5, 5.41) is 0. The van der Waals surface area contributed by atoms with Crippen molar-refractivity contribution in [3.05, 3.63) is 0 Å². The van der Waals surface area contributed by atoms with Gasteiger partial charge in [-0.3, -0.25) is 0 Å². The molecule has 0 aromatic carbocycles. The summed E-state index contributed by atoms with van der Waals surface area (Å²) in [6.07, 6.45) is 6.09. The van der Waals surface area contributed by atoms with E-state index in [1.54, 1.807) is 0 Å². The molecule has 12 heavy (non-hydrogen) atoms. The molecular formula is C10H19NO. The second-order valence-electron chi connectivity index (χ2n) is 4.68. The van der Waals surface area contributed by atoms with Crippen molar-refractivity contribution in [3.63, 3.8) is 0 Å². The molecule has 0 amide bonds. The number of nitrogens with two attached hydrogens (primary N) is 1. The molecule has 2 fully saturated rings. The van der Waals surface area contributed by atoms with Crippen LogP contribution in [0.25, 0.3) is 0 Å². The van der Waals surface area contributed by atoms with Crippen molar-refractivity contribution in [1.82, 2.24) is 0 Å². The summed E-state index contributed by atoms with van der Waals surface area (Å²) in [4.78, 5) is 0. The van der Waals surface area contributed by atoms with Crippen molar-refractivity contribution in [1.29, 1.82) is 0 Å². The van der Waals surface area contributed by atoms with Crippen molar-refractivity contribution < 1.29 is 4.74 Å². The Labute approximate surface area is 74.5 Å². The van der Waals surface area contributed by atoms with Gasteiger partial charge in [0.1, 0.15) is 0 Å². The smallest absolute Gasteiger partial charge is 0.0471 e. The first-order chi connectivity index (χ1) is 5.66. The van der Waals surface area contributed by atoms with Crippen LogP contribution in [0.15, 0.2) is 0 Å². The third kappa shape index (κ3) is 1.09. The Morgan fingerprint density at radius 2 is 1.67 bits per heavy atom. The molecule has 0 radical (unpaired) electrons. The van der Waals surface area contributed by atoms with Crippen molar-refractivity contribution in [3.8, 4) is 0 Å². The summed E-state index contributed by atoms with van der Waals surface area (Å²) in [5.74, 6) is 0. The van der Waals surface area contributed by atoms with Crippen molar-refractivity contribution >= 4 is 0 Å². The average Bonchev–Trinajstić information content (AvgIpc) is 2.01. The standard InChI is InChI=1S/C10H19NO/c1-9(5-7-12-8-6-9)10(11)3-2-4-10/h2-8,11H2,1H3. The van der Waals surface area contributed by atoms with Gasteiger partial charge in [-0.2, -0.15) is 0 Å². The van der Waals surface area contributed by atoms with Gasteiger partial charge in [0.15, 0.2) is 0 Å². The number of ether oxygens (including phenoxy) is 1. The fraction of sp³-hybridized carbons (Fsp3) is 1.00. The predicted molar refractivity (Wildman–Crippen MR) is 48.9 cm³/mol. The Morgan fingerprint density at radius 1 is 1.08 bits per heavy atom. The van der Waals surface area contributed by atoms with Crippen LogP contribution < -0.4 is 5.73 Å². The van der Waals surface area contributed by atoms with Crippen LogP contribution in [0.5, 0.6) is 0 Å². The molecule has 1 aliphatic carbocycles. The van der Waals surface area contributed by atoms with Crippen molar-refractivity contribution in [2.75, 3.05) is 13.2 Å². The van der Waals surface area contributed by atoms with E-state index in [1.807, 2.05) is 0 Å². The maximum Gasteiger partial charge on any atom is 0.0471 e. The molecule has 0 aromatic heterocycles. The molecule has 2 heteroatoms. The minimum atomic E-state index is 0.150. The molecule has 0 bridgehead atoms. The summed E-state index contributed by atoms with van der Waals surface area (Å²) in [7, 11) is 0. The van der Waals surface area contributed by atoms with Crippen LogP contribution in [0, 0.1) is 5.41 Å². The maximum atomic E-state index is 6.36. The van der Waals surface area contributed by atoms with Gasteiger partial charge in [-0.15, -0.1) is 0 Å². The third-order valence-corrected chi connectivity index (χ3v) is 4.04. The van der Waals surface area contributed by atoms with E-state index in [1.165, 1.54) is 19.3 Å². The summed E-state index contributed by atoms with van der Waals surface area (Å²) >= 11 is 0. The zero-order chi connectivity index (χ0) is 8.66. The first-order valence-electron chi connectivity index (χ1n) is 5.03. The largest absolute Gasteiger partial charge is 0.381 e. The van der Waals surface area contributed by atoms with Gasteiger partial charge in [-0.1, -0.05) is 6.92 Å². The summed E-state index contributed by atoms with van der Waals surface area (Å²) in [6, 6.07) is 0. The van der Waals surface area contributed by atoms with Crippen LogP contribution in [0.1, 0.15) is 39.0 Å². The van der Waals surface area contributed by atoms with Crippen LogP contribution in [0.3, 0.4) is 0 Å². The van der Waals surface area contributed by atoms with E-state index >= 15 is 0 Å². The minimum absolute atomic E-state index is 0.150. The SMILES string of the molecule is CC1(C2(N)CCC2)CCOCC1. The number of rotatable bonds is 1. The molecule has 0 aromatic rings. The Balaban J connectivity index is 2.07. The summed E-state index contributed by atoms with van der Waals surface area (Å²) in [6.45, 7) is 4.17. The van der Waals surface area contributed by atoms with Crippen LogP contribution in [-0.2, 0) is 4.74 Å². The van der Waals surface area contributed by atoms with E-state index in [0.29, 0.717) is 5.41 Å². The fourth-order valence-corrected chi connectivity index (χ4v) is 2.48. The second-order valence-corrected chi connectivity index (χ2v) is 4.68. The molecule has 1 saturated carbocycles. The zero-order valence-corrected chi connectivity index (χ0v) is 7.94. The van der Waals surface area contributed by atoms with Gasteiger partial charge in [-0.25, -0.2) is 0 Å². The Hall–Kier alpha value is -0.0800. The highest BCUT2D eigenvalue weighted by molar-refractivity contribution is 5.05. The Kier molecular flexibility index (Phi) is 1.92. The fourth-order valence-electron chi connectivity index (χ4n) is 2.48. The number of hydrogen-bond donors (Lipinski definition) is 1. The van der Waals surface area contributed by atoms with Crippen LogP contribution in [-0.4, -0.2) is 18.8 Å². The van der Waals surface area contributed by atoms with Gasteiger partial charge >= 0.3 is 0 Å². The van der Waals surface area contributed by atoms with Crippen LogP contribution in [0.4, 0.5) is 0 Å². The monoisotopic (exact) mass is 169 g/mol. The van der Waals surface area contributed by atoms with Crippen molar-refractivity contribution in [2.45, 2.75) is 44.6 Å². The lowest BCUT2D eigenvalue weighted by atomic mass is 9.57. The lowest BCUT2D eigenvalue weighted by molar-refractivity contribution is -0.0459. The van der Waals surface area contributed by atoms with Gasteiger partial charge in [0.05, 0.1) is 0 Å². The molecular weight excluding hydrogens is 150 g/mol. The van der Waals surface area contributed by atoms with E-state index in [2.05, 4.69) is 6.92 Å². The quantitative estimate of drug-likeness (QED) is 0.648. The molecule has 0 atom stereocenters. The molecule has 1 saturated heterocycles. The molecule has 1 heterocycles.